The Labute approximate surface area is 121 Å². The normalized spacial score (nSPS) is 11.2. The van der Waals surface area contributed by atoms with Gasteiger partial charge in [-0.05, 0) is 17.9 Å². The van der Waals surface area contributed by atoms with Crippen molar-refractivity contribution < 1.29 is 4.79 Å². The lowest BCUT2D eigenvalue weighted by Gasteiger charge is -2.11. The average Bonchev–Trinajstić information content (AvgIpc) is 2.44. The van der Waals surface area contributed by atoms with Gasteiger partial charge in [0, 0.05) is 23.2 Å². The number of hydrogen-bond donors (Lipinski definition) is 1. The first-order valence-electron chi connectivity index (χ1n) is 6.02. The average molecular weight is 297 g/mol. The Kier molecular flexibility index (Phi) is 4.40. The standard InChI is InChI=1S/C14H14Cl2N2O/c1-2-12-9-4-3-5-10(13(19)14(15)16)11(9)6-8(7-17)18-12/h3-6,14H,2,7,17H2,1H3. The van der Waals surface area contributed by atoms with E-state index < -0.39 is 4.84 Å². The summed E-state index contributed by atoms with van der Waals surface area (Å²) >= 11 is 11.4. The van der Waals surface area contributed by atoms with Crippen LogP contribution in [-0.4, -0.2) is 15.6 Å². The maximum absolute atomic E-state index is 12.0. The van der Waals surface area contributed by atoms with Crippen LogP contribution in [0.25, 0.3) is 10.8 Å². The van der Waals surface area contributed by atoms with Gasteiger partial charge in [0.2, 0.25) is 0 Å². The van der Waals surface area contributed by atoms with Crippen molar-refractivity contribution in [3.8, 4) is 0 Å². The van der Waals surface area contributed by atoms with Crippen molar-refractivity contribution in [1.29, 1.82) is 0 Å². The number of pyridine rings is 1. The Morgan fingerprint density at radius 1 is 1.37 bits per heavy atom. The second kappa shape index (κ2) is 5.87. The number of hydrogen-bond acceptors (Lipinski definition) is 3. The van der Waals surface area contributed by atoms with Gasteiger partial charge in [0.05, 0.1) is 5.69 Å². The molecule has 0 saturated carbocycles. The zero-order chi connectivity index (χ0) is 14.0. The maximum atomic E-state index is 12.0. The summed E-state index contributed by atoms with van der Waals surface area (Å²) in [6, 6.07) is 7.31. The highest BCUT2D eigenvalue weighted by atomic mass is 35.5. The minimum absolute atomic E-state index is 0.301. The smallest absolute Gasteiger partial charge is 0.196 e. The molecule has 2 N–H and O–H groups in total. The summed E-state index contributed by atoms with van der Waals surface area (Å²) in [6.07, 6.45) is 0.771. The molecule has 0 radical (unpaired) electrons. The fourth-order valence-corrected chi connectivity index (χ4v) is 2.35. The number of aromatic nitrogens is 1. The quantitative estimate of drug-likeness (QED) is 0.696. The minimum Gasteiger partial charge on any atom is -0.325 e. The first-order valence-corrected chi connectivity index (χ1v) is 6.89. The number of halogens is 2. The maximum Gasteiger partial charge on any atom is 0.196 e. The third-order valence-electron chi connectivity index (χ3n) is 3.01. The van der Waals surface area contributed by atoms with Gasteiger partial charge in [0.25, 0.3) is 0 Å². The number of benzene rings is 1. The van der Waals surface area contributed by atoms with E-state index >= 15 is 0 Å². The lowest BCUT2D eigenvalue weighted by molar-refractivity contribution is 0.101. The Hall–Kier alpha value is -1.16. The molecule has 0 amide bonds. The van der Waals surface area contributed by atoms with Crippen molar-refractivity contribution in [2.45, 2.75) is 24.7 Å². The summed E-state index contributed by atoms with van der Waals surface area (Å²) in [5.41, 5.74) is 7.84. The molecule has 100 valence electrons. The van der Waals surface area contributed by atoms with Crippen molar-refractivity contribution in [1.82, 2.24) is 4.98 Å². The van der Waals surface area contributed by atoms with Crippen LogP contribution < -0.4 is 5.73 Å². The molecule has 2 aromatic rings. The van der Waals surface area contributed by atoms with Crippen LogP contribution in [0.3, 0.4) is 0 Å². The molecule has 0 bridgehead atoms. The summed E-state index contributed by atoms with van der Waals surface area (Å²) in [5.74, 6) is -0.301. The number of fused-ring (bicyclic) bond motifs is 1. The van der Waals surface area contributed by atoms with E-state index in [0.29, 0.717) is 12.1 Å². The van der Waals surface area contributed by atoms with Gasteiger partial charge < -0.3 is 5.73 Å². The Morgan fingerprint density at radius 3 is 2.68 bits per heavy atom. The molecular weight excluding hydrogens is 283 g/mol. The van der Waals surface area contributed by atoms with Gasteiger partial charge in [0.1, 0.15) is 0 Å². The van der Waals surface area contributed by atoms with Crippen LogP contribution >= 0.6 is 23.2 Å². The molecule has 19 heavy (non-hydrogen) atoms. The van der Waals surface area contributed by atoms with Crippen LogP contribution in [0.4, 0.5) is 0 Å². The van der Waals surface area contributed by atoms with E-state index in [1.54, 1.807) is 6.07 Å². The van der Waals surface area contributed by atoms with Crippen LogP contribution in [0.2, 0.25) is 0 Å². The molecule has 1 heterocycles. The summed E-state index contributed by atoms with van der Waals surface area (Å²) in [5, 5.41) is 1.76. The first kappa shape index (κ1) is 14.3. The number of Topliss-reactive ketones (excluding diaryl/α,β-unsaturated/α-hetero) is 1. The molecule has 0 aliphatic heterocycles. The van der Waals surface area contributed by atoms with E-state index in [-0.39, 0.29) is 5.78 Å². The molecule has 0 fully saturated rings. The number of aryl methyl sites for hydroxylation is 1. The number of alkyl halides is 2. The number of nitrogens with zero attached hydrogens (tertiary/aromatic N) is 1. The number of rotatable bonds is 4. The van der Waals surface area contributed by atoms with E-state index in [0.717, 1.165) is 28.6 Å². The summed E-state index contributed by atoms with van der Waals surface area (Å²) in [4.78, 5) is 15.5. The first-order chi connectivity index (χ1) is 9.08. The molecular formula is C14H14Cl2N2O. The second-order valence-corrected chi connectivity index (χ2v) is 5.28. The molecule has 2 rings (SSSR count). The van der Waals surface area contributed by atoms with Crippen molar-refractivity contribution in [3.05, 3.63) is 41.2 Å². The number of carbonyl (C=O) groups excluding carboxylic acids is 1. The van der Waals surface area contributed by atoms with Gasteiger partial charge in [-0.15, -0.1) is 0 Å². The van der Waals surface area contributed by atoms with E-state index in [4.69, 9.17) is 28.9 Å². The monoisotopic (exact) mass is 296 g/mol. The van der Waals surface area contributed by atoms with Crippen molar-refractivity contribution in [2.75, 3.05) is 0 Å². The predicted molar refractivity (Wildman–Crippen MR) is 78.8 cm³/mol. The third kappa shape index (κ3) is 2.73. The molecule has 0 saturated heterocycles. The fraction of sp³-hybridized carbons (Fsp3) is 0.286. The van der Waals surface area contributed by atoms with Crippen LogP contribution in [0, 0.1) is 0 Å². The highest BCUT2D eigenvalue weighted by molar-refractivity contribution is 6.55. The Bertz CT molecular complexity index is 626. The van der Waals surface area contributed by atoms with Crippen LogP contribution in [0.1, 0.15) is 28.7 Å². The molecule has 3 nitrogen and oxygen atoms in total. The largest absolute Gasteiger partial charge is 0.325 e. The zero-order valence-electron chi connectivity index (χ0n) is 10.5. The highest BCUT2D eigenvalue weighted by Gasteiger charge is 2.18. The summed E-state index contributed by atoms with van der Waals surface area (Å²) < 4.78 is 0. The summed E-state index contributed by atoms with van der Waals surface area (Å²) in [7, 11) is 0. The molecule has 0 aliphatic carbocycles. The van der Waals surface area contributed by atoms with Gasteiger partial charge in [-0.2, -0.15) is 0 Å². The lowest BCUT2D eigenvalue weighted by Crippen LogP contribution is -2.10. The molecule has 1 aromatic carbocycles. The van der Waals surface area contributed by atoms with Crippen molar-refractivity contribution in [2.24, 2.45) is 5.73 Å². The number of ketones is 1. The number of nitrogens with two attached hydrogens (primary N) is 1. The van der Waals surface area contributed by atoms with E-state index in [9.17, 15) is 4.79 Å². The SMILES string of the molecule is CCc1nc(CN)cc2c(C(=O)C(Cl)Cl)cccc12. The molecule has 1 aromatic heterocycles. The third-order valence-corrected chi connectivity index (χ3v) is 3.41. The Balaban J connectivity index is 2.76. The van der Waals surface area contributed by atoms with E-state index in [1.807, 2.05) is 25.1 Å². The Morgan fingerprint density at radius 2 is 2.11 bits per heavy atom. The molecule has 5 heteroatoms. The predicted octanol–water partition coefficient (Wildman–Crippen LogP) is 3.24. The molecule has 0 atom stereocenters. The van der Waals surface area contributed by atoms with Gasteiger partial charge in [0.15, 0.2) is 10.6 Å². The highest BCUT2D eigenvalue weighted by Crippen LogP contribution is 2.25. The van der Waals surface area contributed by atoms with Crippen LogP contribution in [-0.2, 0) is 13.0 Å². The molecule has 0 unspecified atom stereocenters. The molecule has 0 spiro atoms. The minimum atomic E-state index is -1.06. The summed E-state index contributed by atoms with van der Waals surface area (Å²) in [6.45, 7) is 2.35. The lowest BCUT2D eigenvalue weighted by atomic mass is 9.99. The zero-order valence-corrected chi connectivity index (χ0v) is 12.0. The van der Waals surface area contributed by atoms with Gasteiger partial charge in [-0.1, -0.05) is 48.3 Å². The topological polar surface area (TPSA) is 56.0 Å². The van der Waals surface area contributed by atoms with Crippen molar-refractivity contribution in [3.63, 3.8) is 0 Å². The van der Waals surface area contributed by atoms with Crippen molar-refractivity contribution >= 4 is 39.8 Å². The van der Waals surface area contributed by atoms with Gasteiger partial charge in [-0.3, -0.25) is 9.78 Å². The number of carbonyl (C=O) groups is 1. The van der Waals surface area contributed by atoms with Gasteiger partial charge in [-0.25, -0.2) is 0 Å². The van der Waals surface area contributed by atoms with E-state index in [1.165, 1.54) is 0 Å². The van der Waals surface area contributed by atoms with Crippen LogP contribution in [0.5, 0.6) is 0 Å². The second-order valence-electron chi connectivity index (χ2n) is 4.18. The van der Waals surface area contributed by atoms with E-state index in [2.05, 4.69) is 4.98 Å². The van der Waals surface area contributed by atoms with Crippen LogP contribution in [0.15, 0.2) is 24.3 Å². The fourth-order valence-electron chi connectivity index (χ4n) is 2.11. The molecule has 0 aliphatic rings. The van der Waals surface area contributed by atoms with Gasteiger partial charge >= 0.3 is 0 Å².